The van der Waals surface area contributed by atoms with Crippen LogP contribution in [0.5, 0.6) is 0 Å². The topological polar surface area (TPSA) is 81.2 Å². The average Bonchev–Trinajstić information content (AvgIpc) is 3.57. The molecule has 0 aromatic heterocycles. The van der Waals surface area contributed by atoms with Crippen molar-refractivity contribution in [1.29, 1.82) is 0 Å². The summed E-state index contributed by atoms with van der Waals surface area (Å²) in [6.07, 6.45) is 10.2. The second-order valence-corrected chi connectivity index (χ2v) is 15.4. The van der Waals surface area contributed by atoms with Crippen LogP contribution in [0.2, 0.25) is 0 Å². The third kappa shape index (κ3) is 5.47. The maximum Gasteiger partial charge on any atom is 0.247 e. The van der Waals surface area contributed by atoms with Gasteiger partial charge in [0.2, 0.25) is 17.7 Å². The Labute approximate surface area is 261 Å². The van der Waals surface area contributed by atoms with Crippen LogP contribution in [0, 0.1) is 17.8 Å². The monoisotopic (exact) mass is 607 g/mol. The number of aliphatic hydroxyl groups excluding tert-OH is 1. The lowest BCUT2D eigenvalue weighted by Crippen LogP contribution is -2.60. The summed E-state index contributed by atoms with van der Waals surface area (Å²) in [5.41, 5.74) is 1.02. The number of hydrogen-bond acceptors (Lipinski definition) is 5. The van der Waals surface area contributed by atoms with Crippen molar-refractivity contribution in [2.45, 2.75) is 99.9 Å². The highest BCUT2D eigenvalue weighted by Crippen LogP contribution is 2.72. The van der Waals surface area contributed by atoms with Crippen LogP contribution in [-0.4, -0.2) is 84.8 Å². The van der Waals surface area contributed by atoms with Gasteiger partial charge in [-0.3, -0.25) is 14.4 Å². The number of benzene rings is 1. The van der Waals surface area contributed by atoms with Crippen molar-refractivity contribution >= 4 is 29.5 Å². The quantitative estimate of drug-likeness (QED) is 0.337. The molecule has 7 nitrogen and oxygen atoms in total. The van der Waals surface area contributed by atoms with E-state index in [9.17, 15) is 19.5 Å². The summed E-state index contributed by atoms with van der Waals surface area (Å²) in [6, 6.07) is 8.79. The van der Waals surface area contributed by atoms with Crippen LogP contribution in [0.25, 0.3) is 0 Å². The summed E-state index contributed by atoms with van der Waals surface area (Å²) in [7, 11) is 0. The fourth-order valence-corrected chi connectivity index (χ4v) is 10.8. The molecule has 2 unspecified atom stereocenters. The molecule has 0 radical (unpaired) electrons. The van der Waals surface area contributed by atoms with Crippen LogP contribution in [-0.2, 0) is 20.9 Å². The Morgan fingerprint density at radius 3 is 2.35 bits per heavy atom. The molecule has 3 amide bonds. The Morgan fingerprint density at radius 2 is 1.74 bits per heavy atom. The van der Waals surface area contributed by atoms with Crippen LogP contribution in [0.4, 0.5) is 0 Å². The molecular weight excluding hydrogens is 558 g/mol. The molecule has 1 aliphatic carbocycles. The Bertz CT molecular complexity index is 1220. The molecular formula is C35H49N3O4S. The Balaban J connectivity index is 1.57. The van der Waals surface area contributed by atoms with Gasteiger partial charge in [-0.2, -0.15) is 0 Å². The lowest BCUT2D eigenvalue weighted by Gasteiger charge is -2.43. The molecule has 1 aromatic carbocycles. The van der Waals surface area contributed by atoms with E-state index in [-0.39, 0.29) is 36.3 Å². The Morgan fingerprint density at radius 1 is 1.07 bits per heavy atom. The molecule has 8 heteroatoms. The molecule has 3 heterocycles. The van der Waals surface area contributed by atoms with E-state index in [0.717, 1.165) is 37.7 Å². The summed E-state index contributed by atoms with van der Waals surface area (Å²) in [6.45, 7) is 15.0. The number of carbonyl (C=O) groups excluding carboxylic acids is 3. The predicted molar refractivity (Wildman–Crippen MR) is 172 cm³/mol. The van der Waals surface area contributed by atoms with Gasteiger partial charge in [0.25, 0.3) is 0 Å². The maximum atomic E-state index is 14.9. The van der Waals surface area contributed by atoms with Crippen LogP contribution in [0.3, 0.4) is 0 Å². The van der Waals surface area contributed by atoms with Gasteiger partial charge in [-0.1, -0.05) is 75.6 Å². The largest absolute Gasteiger partial charge is 0.394 e. The van der Waals surface area contributed by atoms with Gasteiger partial charge in [-0.15, -0.1) is 24.9 Å². The zero-order valence-corrected chi connectivity index (χ0v) is 26.9. The van der Waals surface area contributed by atoms with E-state index in [0.29, 0.717) is 26.1 Å². The number of hydrogen-bond donors (Lipinski definition) is 1. The number of carbonyl (C=O) groups is 3. The summed E-state index contributed by atoms with van der Waals surface area (Å²) < 4.78 is -1.18. The first kappa shape index (κ1) is 31.8. The molecule has 1 N–H and O–H groups in total. The van der Waals surface area contributed by atoms with E-state index in [4.69, 9.17) is 0 Å². The normalized spacial score (nSPS) is 30.8. The van der Waals surface area contributed by atoms with Crippen LogP contribution < -0.4 is 0 Å². The third-order valence-electron chi connectivity index (χ3n) is 10.5. The number of nitrogens with zero attached hydrogens (tertiary/aromatic N) is 3. The van der Waals surface area contributed by atoms with Crippen LogP contribution in [0.15, 0.2) is 55.6 Å². The summed E-state index contributed by atoms with van der Waals surface area (Å²) >= 11 is 1.70. The van der Waals surface area contributed by atoms with Gasteiger partial charge in [0.05, 0.1) is 29.2 Å². The minimum absolute atomic E-state index is 0.0427. The summed E-state index contributed by atoms with van der Waals surface area (Å²) in [4.78, 5) is 49.8. The van der Waals surface area contributed by atoms with Crippen molar-refractivity contribution in [1.82, 2.24) is 14.7 Å². The molecule has 2 bridgehead atoms. The molecule has 1 spiro atoms. The molecule has 3 saturated heterocycles. The molecule has 1 saturated carbocycles. The molecule has 4 fully saturated rings. The fourth-order valence-electron chi connectivity index (χ4n) is 8.49. The zero-order chi connectivity index (χ0) is 30.9. The number of thioether (sulfide) groups is 1. The van der Waals surface area contributed by atoms with Crippen molar-refractivity contribution < 1.29 is 19.5 Å². The van der Waals surface area contributed by atoms with Gasteiger partial charge in [-0.25, -0.2) is 0 Å². The Kier molecular flexibility index (Phi) is 9.48. The maximum absolute atomic E-state index is 14.9. The highest BCUT2D eigenvalue weighted by Gasteiger charge is 2.78. The number of amides is 3. The first-order valence-corrected chi connectivity index (χ1v) is 16.9. The van der Waals surface area contributed by atoms with Crippen molar-refractivity contribution in [3.05, 3.63) is 61.2 Å². The number of fused-ring (bicyclic) bond motifs is 1. The highest BCUT2D eigenvalue weighted by molar-refractivity contribution is 8.02. The van der Waals surface area contributed by atoms with E-state index in [2.05, 4.69) is 20.1 Å². The number of rotatable bonds is 12. The number of aliphatic hydroxyl groups is 1. The van der Waals surface area contributed by atoms with Gasteiger partial charge in [0.1, 0.15) is 6.04 Å². The molecule has 234 valence electrons. The lowest BCUT2D eigenvalue weighted by molar-refractivity contribution is -0.149. The first-order valence-electron chi connectivity index (χ1n) is 16.1. The van der Waals surface area contributed by atoms with Gasteiger partial charge >= 0.3 is 0 Å². The molecule has 3 aliphatic heterocycles. The molecule has 4 aliphatic rings. The van der Waals surface area contributed by atoms with Gasteiger partial charge in [-0.05, 0) is 44.1 Å². The van der Waals surface area contributed by atoms with E-state index in [1.165, 1.54) is 6.42 Å². The average molecular weight is 608 g/mol. The van der Waals surface area contributed by atoms with Gasteiger partial charge in [0.15, 0.2) is 0 Å². The Hall–Kier alpha value is -2.58. The van der Waals surface area contributed by atoms with Crippen LogP contribution >= 0.6 is 11.8 Å². The van der Waals surface area contributed by atoms with E-state index in [1.807, 2.05) is 54.0 Å². The molecule has 43 heavy (non-hydrogen) atoms. The van der Waals surface area contributed by atoms with Crippen molar-refractivity contribution in [3.63, 3.8) is 0 Å². The van der Waals surface area contributed by atoms with E-state index < -0.39 is 33.4 Å². The van der Waals surface area contributed by atoms with E-state index in [1.54, 1.807) is 28.8 Å². The molecule has 1 aromatic rings. The van der Waals surface area contributed by atoms with Crippen LogP contribution in [0.1, 0.15) is 71.3 Å². The summed E-state index contributed by atoms with van der Waals surface area (Å²) in [5.74, 6) is -1.47. The van der Waals surface area contributed by atoms with Crippen molar-refractivity contribution in [2.75, 3.05) is 19.7 Å². The molecule has 6 atom stereocenters. The zero-order valence-electron chi connectivity index (χ0n) is 26.1. The van der Waals surface area contributed by atoms with Crippen molar-refractivity contribution in [2.24, 2.45) is 17.8 Å². The smallest absolute Gasteiger partial charge is 0.247 e. The highest BCUT2D eigenvalue weighted by atomic mass is 32.2. The first-order chi connectivity index (χ1) is 20.6. The molecule has 5 rings (SSSR count). The summed E-state index contributed by atoms with van der Waals surface area (Å²) in [5, 5.41) is 10.6. The van der Waals surface area contributed by atoms with Gasteiger partial charge in [0, 0.05) is 30.4 Å². The predicted octanol–water partition coefficient (Wildman–Crippen LogP) is 5.05. The SMILES string of the molecule is C=CCN(Cc1ccccc1)C(=O)[C@H]1[C@H]2C(=O)N([C@@H](CO)C(C)C)C(C(=O)N(CC=C)C3CCCCC3)C23CC[C@]1(C)S3. The lowest BCUT2D eigenvalue weighted by atomic mass is 9.66. The van der Waals surface area contributed by atoms with Gasteiger partial charge < -0.3 is 19.8 Å². The van der Waals surface area contributed by atoms with Crippen molar-refractivity contribution in [3.8, 4) is 0 Å². The second kappa shape index (κ2) is 12.8. The fraction of sp³-hybridized carbons (Fsp3) is 0.629. The standard InChI is InChI=1S/C35H49N3O4S/c1-6-20-36(22-25-14-10-8-11-15-25)31(40)28-29-32(41)38(27(23-39)24(3)4)30(35(29)19-18-34(28,5)43-35)33(42)37(21-7-2)26-16-12-9-13-17-26/h6-8,10-11,14-15,24,26-30,39H,1-2,9,12-13,16-23H2,3-5H3/t27-,28+,29-,30?,34-,35?/m0/s1. The minimum Gasteiger partial charge on any atom is -0.394 e. The third-order valence-corrected chi connectivity index (χ3v) is 12.5. The number of likely N-dealkylation sites (tertiary alicyclic amines) is 1. The minimum atomic E-state index is -0.724. The van der Waals surface area contributed by atoms with E-state index >= 15 is 0 Å². The second-order valence-electron chi connectivity index (χ2n) is 13.5.